The van der Waals surface area contributed by atoms with Crippen LogP contribution in [-0.4, -0.2) is 23.8 Å². The first kappa shape index (κ1) is 17.1. The standard InChI is InChI=1S/C18H25N3O2/c1-18(2,3)23-17(22)21-15-10-8-14(9-11-15)20-16-7-5-4-6-13(16)12-19/h4-7,14-15,20H,8-11H2,1-3H3,(H,21,22). The van der Waals surface area contributed by atoms with Crippen LogP contribution in [0.3, 0.4) is 0 Å². The zero-order chi connectivity index (χ0) is 16.9. The van der Waals surface area contributed by atoms with Gasteiger partial charge < -0.3 is 15.4 Å². The van der Waals surface area contributed by atoms with Crippen LogP contribution >= 0.6 is 0 Å². The van der Waals surface area contributed by atoms with E-state index >= 15 is 0 Å². The van der Waals surface area contributed by atoms with Crippen molar-refractivity contribution in [1.29, 1.82) is 5.26 Å². The van der Waals surface area contributed by atoms with Crippen LogP contribution in [0, 0.1) is 11.3 Å². The van der Waals surface area contributed by atoms with Gasteiger partial charge >= 0.3 is 6.09 Å². The number of rotatable bonds is 3. The van der Waals surface area contributed by atoms with Gasteiger partial charge in [0.1, 0.15) is 11.7 Å². The average Bonchev–Trinajstić information content (AvgIpc) is 2.48. The van der Waals surface area contributed by atoms with E-state index in [2.05, 4.69) is 16.7 Å². The van der Waals surface area contributed by atoms with Gasteiger partial charge in [0.25, 0.3) is 0 Å². The second-order valence-electron chi connectivity index (χ2n) is 7.00. The number of carbonyl (C=O) groups is 1. The summed E-state index contributed by atoms with van der Waals surface area (Å²) in [5, 5.41) is 15.5. The number of amides is 1. The molecule has 2 N–H and O–H groups in total. The maximum Gasteiger partial charge on any atom is 0.407 e. The lowest BCUT2D eigenvalue weighted by molar-refractivity contribution is 0.0492. The van der Waals surface area contributed by atoms with Crippen molar-refractivity contribution < 1.29 is 9.53 Å². The van der Waals surface area contributed by atoms with Gasteiger partial charge in [0.05, 0.1) is 11.3 Å². The lowest BCUT2D eigenvalue weighted by Gasteiger charge is -2.31. The Bertz CT molecular complexity index is 579. The SMILES string of the molecule is CC(C)(C)OC(=O)NC1CCC(Nc2ccccc2C#N)CC1. The zero-order valence-corrected chi connectivity index (χ0v) is 14.1. The average molecular weight is 315 g/mol. The molecule has 124 valence electrons. The maximum atomic E-state index is 11.8. The van der Waals surface area contributed by atoms with E-state index in [0.29, 0.717) is 11.6 Å². The monoisotopic (exact) mass is 315 g/mol. The van der Waals surface area contributed by atoms with Crippen LogP contribution in [0.1, 0.15) is 52.0 Å². The van der Waals surface area contributed by atoms with Gasteiger partial charge in [-0.3, -0.25) is 0 Å². The van der Waals surface area contributed by atoms with Crippen LogP contribution in [0.25, 0.3) is 0 Å². The molecule has 0 aliphatic heterocycles. The molecule has 1 saturated carbocycles. The van der Waals surface area contributed by atoms with Crippen molar-refractivity contribution >= 4 is 11.8 Å². The van der Waals surface area contributed by atoms with Crippen LogP contribution < -0.4 is 10.6 Å². The first-order valence-electron chi connectivity index (χ1n) is 8.12. The number of benzene rings is 1. The molecule has 5 nitrogen and oxygen atoms in total. The lowest BCUT2D eigenvalue weighted by atomic mass is 9.91. The van der Waals surface area contributed by atoms with Gasteiger partial charge in [0.15, 0.2) is 0 Å². The van der Waals surface area contributed by atoms with Crippen molar-refractivity contribution in [2.45, 2.75) is 64.1 Å². The second-order valence-corrected chi connectivity index (χ2v) is 7.00. The molecule has 1 aromatic rings. The van der Waals surface area contributed by atoms with E-state index in [4.69, 9.17) is 10.00 Å². The Morgan fingerprint density at radius 1 is 1.17 bits per heavy atom. The predicted octanol–water partition coefficient (Wildman–Crippen LogP) is 3.81. The summed E-state index contributed by atoms with van der Waals surface area (Å²) in [6, 6.07) is 10.2. The summed E-state index contributed by atoms with van der Waals surface area (Å²) in [5.41, 5.74) is 1.09. The molecule has 1 fully saturated rings. The highest BCUT2D eigenvalue weighted by Gasteiger charge is 2.24. The molecule has 1 aliphatic rings. The molecular formula is C18H25N3O2. The van der Waals surface area contributed by atoms with Crippen molar-refractivity contribution in [1.82, 2.24) is 5.32 Å². The quantitative estimate of drug-likeness (QED) is 0.889. The molecule has 1 amide bonds. The highest BCUT2D eigenvalue weighted by atomic mass is 16.6. The van der Waals surface area contributed by atoms with Crippen LogP contribution in [0.4, 0.5) is 10.5 Å². The molecular weight excluding hydrogens is 290 g/mol. The molecule has 0 unspecified atom stereocenters. The van der Waals surface area contributed by atoms with Crippen LogP contribution in [-0.2, 0) is 4.74 Å². The third-order valence-electron chi connectivity index (χ3n) is 3.86. The third kappa shape index (κ3) is 5.48. The molecule has 0 heterocycles. The fraction of sp³-hybridized carbons (Fsp3) is 0.556. The maximum absolute atomic E-state index is 11.8. The normalized spacial score (nSPS) is 21.1. The lowest BCUT2D eigenvalue weighted by Crippen LogP contribution is -2.42. The van der Waals surface area contributed by atoms with E-state index in [9.17, 15) is 4.79 Å². The molecule has 2 rings (SSSR count). The van der Waals surface area contributed by atoms with E-state index in [1.165, 1.54) is 0 Å². The predicted molar refractivity (Wildman–Crippen MR) is 90.2 cm³/mol. The van der Waals surface area contributed by atoms with Gasteiger partial charge in [-0.15, -0.1) is 0 Å². The Hall–Kier alpha value is -2.22. The van der Waals surface area contributed by atoms with Crippen molar-refractivity contribution in [3.05, 3.63) is 29.8 Å². The summed E-state index contributed by atoms with van der Waals surface area (Å²) in [5.74, 6) is 0. The minimum absolute atomic E-state index is 0.161. The van der Waals surface area contributed by atoms with Crippen molar-refractivity contribution in [3.8, 4) is 6.07 Å². The summed E-state index contributed by atoms with van der Waals surface area (Å²) in [7, 11) is 0. The number of para-hydroxylation sites is 1. The number of ether oxygens (including phenoxy) is 1. The number of anilines is 1. The minimum atomic E-state index is -0.468. The Balaban J connectivity index is 1.80. The Morgan fingerprint density at radius 2 is 1.78 bits per heavy atom. The summed E-state index contributed by atoms with van der Waals surface area (Å²) in [6.45, 7) is 5.58. The molecule has 0 radical (unpaired) electrons. The zero-order valence-electron chi connectivity index (χ0n) is 14.1. The molecule has 0 aromatic heterocycles. The van der Waals surface area contributed by atoms with Crippen LogP contribution in [0.15, 0.2) is 24.3 Å². The fourth-order valence-electron chi connectivity index (χ4n) is 2.78. The van der Waals surface area contributed by atoms with E-state index in [0.717, 1.165) is 31.4 Å². The van der Waals surface area contributed by atoms with Gasteiger partial charge in [-0.2, -0.15) is 5.26 Å². The highest BCUT2D eigenvalue weighted by Crippen LogP contribution is 2.24. The molecule has 1 aliphatic carbocycles. The number of hydrogen-bond acceptors (Lipinski definition) is 4. The van der Waals surface area contributed by atoms with Gasteiger partial charge in [0, 0.05) is 12.1 Å². The second kappa shape index (κ2) is 7.36. The van der Waals surface area contributed by atoms with E-state index in [1.54, 1.807) is 0 Å². The smallest absolute Gasteiger partial charge is 0.407 e. The number of nitrogens with zero attached hydrogens (tertiary/aromatic N) is 1. The van der Waals surface area contributed by atoms with Crippen molar-refractivity contribution in [2.75, 3.05) is 5.32 Å². The Kier molecular flexibility index (Phi) is 5.49. The van der Waals surface area contributed by atoms with E-state index in [-0.39, 0.29) is 12.1 Å². The number of alkyl carbamates (subject to hydrolysis) is 1. The van der Waals surface area contributed by atoms with E-state index in [1.807, 2.05) is 45.0 Å². The van der Waals surface area contributed by atoms with Gasteiger partial charge in [0.2, 0.25) is 0 Å². The summed E-state index contributed by atoms with van der Waals surface area (Å²) in [6.07, 6.45) is 3.39. The minimum Gasteiger partial charge on any atom is -0.444 e. The summed E-state index contributed by atoms with van der Waals surface area (Å²) >= 11 is 0. The first-order valence-corrected chi connectivity index (χ1v) is 8.12. The van der Waals surface area contributed by atoms with Crippen molar-refractivity contribution in [3.63, 3.8) is 0 Å². The topological polar surface area (TPSA) is 74.2 Å². The van der Waals surface area contributed by atoms with Crippen LogP contribution in [0.2, 0.25) is 0 Å². The number of nitriles is 1. The summed E-state index contributed by atoms with van der Waals surface area (Å²) < 4.78 is 5.29. The van der Waals surface area contributed by atoms with E-state index < -0.39 is 5.60 Å². The third-order valence-corrected chi connectivity index (χ3v) is 3.86. The van der Waals surface area contributed by atoms with Crippen LogP contribution in [0.5, 0.6) is 0 Å². The van der Waals surface area contributed by atoms with Gasteiger partial charge in [-0.25, -0.2) is 4.79 Å². The number of hydrogen-bond donors (Lipinski definition) is 2. The molecule has 0 atom stereocenters. The fourth-order valence-corrected chi connectivity index (χ4v) is 2.78. The molecule has 1 aromatic carbocycles. The molecule has 0 bridgehead atoms. The first-order chi connectivity index (χ1) is 10.9. The molecule has 23 heavy (non-hydrogen) atoms. The number of nitrogens with one attached hydrogen (secondary N) is 2. The van der Waals surface area contributed by atoms with Crippen molar-refractivity contribution in [2.24, 2.45) is 0 Å². The number of carbonyl (C=O) groups excluding carboxylic acids is 1. The Labute approximate surface area is 138 Å². The highest BCUT2D eigenvalue weighted by molar-refractivity contribution is 5.68. The van der Waals surface area contributed by atoms with Gasteiger partial charge in [-0.1, -0.05) is 12.1 Å². The Morgan fingerprint density at radius 3 is 2.39 bits per heavy atom. The summed E-state index contributed by atoms with van der Waals surface area (Å²) in [4.78, 5) is 11.8. The molecule has 0 spiro atoms. The molecule has 0 saturated heterocycles. The largest absolute Gasteiger partial charge is 0.444 e. The van der Waals surface area contributed by atoms with Gasteiger partial charge in [-0.05, 0) is 58.6 Å². The molecule has 5 heteroatoms.